The number of halogens is 1. The van der Waals surface area contributed by atoms with E-state index in [0.717, 1.165) is 35.7 Å². The third kappa shape index (κ3) is 4.19. The zero-order chi connectivity index (χ0) is 25.4. The van der Waals surface area contributed by atoms with Gasteiger partial charge >= 0.3 is 5.97 Å². The average Bonchev–Trinajstić information content (AvgIpc) is 3.34. The van der Waals surface area contributed by atoms with Crippen molar-refractivity contribution in [2.75, 3.05) is 18.1 Å². The SMILES string of the molecule is Cc1cccc(-n2cc(C(=O)O)c(=O)c3cc(F)c(N4CCC[C@@H]4COc4ccccn4)cc32)c1C. The molecule has 1 aliphatic rings. The van der Waals surface area contributed by atoms with Gasteiger partial charge in [0.05, 0.1) is 17.2 Å². The van der Waals surface area contributed by atoms with Crippen LogP contribution in [-0.2, 0) is 0 Å². The molecule has 1 N–H and O–H groups in total. The van der Waals surface area contributed by atoms with E-state index in [1.54, 1.807) is 22.9 Å². The molecule has 1 aliphatic heterocycles. The number of aryl methyl sites for hydroxylation is 1. The summed E-state index contributed by atoms with van der Waals surface area (Å²) in [5, 5.41) is 9.70. The zero-order valence-corrected chi connectivity index (χ0v) is 20.1. The minimum absolute atomic E-state index is 0.0255. The Morgan fingerprint density at radius 1 is 1.17 bits per heavy atom. The molecule has 8 heteroatoms. The maximum absolute atomic E-state index is 15.5. The standard InChI is InChI=1S/C28H26FN3O4/c1-17-7-5-9-23(18(17)2)32-15-21(28(34)35)27(33)20-13-22(29)25(14-24(20)32)31-12-6-8-19(31)16-36-26-10-3-4-11-30-26/h3-5,7,9-11,13-15,19H,6,8,12,16H2,1-2H3,(H,34,35)/t19-/m1/s1. The lowest BCUT2D eigenvalue weighted by Crippen LogP contribution is -2.35. The van der Waals surface area contributed by atoms with Crippen molar-refractivity contribution in [2.24, 2.45) is 0 Å². The summed E-state index contributed by atoms with van der Waals surface area (Å²) < 4.78 is 23.0. The Morgan fingerprint density at radius 3 is 2.75 bits per heavy atom. The second kappa shape index (κ2) is 9.45. The smallest absolute Gasteiger partial charge is 0.341 e. The predicted molar refractivity (Wildman–Crippen MR) is 136 cm³/mol. The van der Waals surface area contributed by atoms with Crippen molar-refractivity contribution in [3.8, 4) is 11.6 Å². The Kier molecular flexibility index (Phi) is 6.18. The van der Waals surface area contributed by atoms with Crippen molar-refractivity contribution < 1.29 is 19.0 Å². The Balaban J connectivity index is 1.64. The lowest BCUT2D eigenvalue weighted by molar-refractivity contribution is 0.0695. The topological polar surface area (TPSA) is 84.7 Å². The second-order valence-corrected chi connectivity index (χ2v) is 9.06. The number of anilines is 1. The minimum atomic E-state index is -1.35. The van der Waals surface area contributed by atoms with Gasteiger partial charge in [-0.1, -0.05) is 18.2 Å². The highest BCUT2D eigenvalue weighted by atomic mass is 19.1. The van der Waals surface area contributed by atoms with Gasteiger partial charge in [0.25, 0.3) is 0 Å². The molecule has 2 aromatic heterocycles. The third-order valence-electron chi connectivity index (χ3n) is 6.89. The molecule has 0 amide bonds. The molecule has 1 fully saturated rings. The highest BCUT2D eigenvalue weighted by Gasteiger charge is 2.29. The number of benzene rings is 2. The molecule has 184 valence electrons. The molecule has 1 saturated heterocycles. The molecule has 36 heavy (non-hydrogen) atoms. The number of aromatic nitrogens is 2. The summed E-state index contributed by atoms with van der Waals surface area (Å²) in [6.45, 7) is 4.88. The van der Waals surface area contributed by atoms with Gasteiger partial charge in [-0.2, -0.15) is 0 Å². The van der Waals surface area contributed by atoms with Crippen LogP contribution in [-0.4, -0.2) is 39.8 Å². The van der Waals surface area contributed by atoms with E-state index in [9.17, 15) is 14.7 Å². The lowest BCUT2D eigenvalue weighted by atomic mass is 10.1. The van der Waals surface area contributed by atoms with Crippen LogP contribution >= 0.6 is 0 Å². The van der Waals surface area contributed by atoms with Crippen LogP contribution in [0.25, 0.3) is 16.6 Å². The Morgan fingerprint density at radius 2 is 2.00 bits per heavy atom. The van der Waals surface area contributed by atoms with Gasteiger partial charge in [-0.15, -0.1) is 0 Å². The summed E-state index contributed by atoms with van der Waals surface area (Å²) >= 11 is 0. The Bertz CT molecular complexity index is 1520. The van der Waals surface area contributed by atoms with E-state index >= 15 is 4.39 Å². The number of nitrogens with zero attached hydrogens (tertiary/aromatic N) is 3. The maximum atomic E-state index is 15.5. The van der Waals surface area contributed by atoms with Crippen LogP contribution in [0, 0.1) is 19.7 Å². The third-order valence-corrected chi connectivity index (χ3v) is 6.89. The highest BCUT2D eigenvalue weighted by molar-refractivity contribution is 5.94. The molecule has 0 saturated carbocycles. The number of aromatic carboxylic acids is 1. The predicted octanol–water partition coefficient (Wildman–Crippen LogP) is 4.89. The summed E-state index contributed by atoms with van der Waals surface area (Å²) in [6.07, 6.45) is 4.69. The Labute approximate surface area is 207 Å². The van der Waals surface area contributed by atoms with Crippen LogP contribution in [0.5, 0.6) is 5.88 Å². The van der Waals surface area contributed by atoms with Gasteiger partial charge < -0.3 is 19.3 Å². The van der Waals surface area contributed by atoms with Crippen molar-refractivity contribution in [1.29, 1.82) is 0 Å². The number of pyridine rings is 2. The molecule has 1 atom stereocenters. The quantitative estimate of drug-likeness (QED) is 0.417. The van der Waals surface area contributed by atoms with Crippen molar-refractivity contribution >= 4 is 22.6 Å². The maximum Gasteiger partial charge on any atom is 0.341 e. The van der Waals surface area contributed by atoms with Gasteiger partial charge in [-0.05, 0) is 62.1 Å². The molecule has 0 unspecified atom stereocenters. The van der Waals surface area contributed by atoms with E-state index in [1.165, 1.54) is 6.20 Å². The molecule has 2 aromatic carbocycles. The van der Waals surface area contributed by atoms with E-state index in [-0.39, 0.29) is 11.4 Å². The summed E-state index contributed by atoms with van der Waals surface area (Å²) in [5.41, 5.74) is 2.38. The number of carbonyl (C=O) groups is 1. The number of rotatable bonds is 6. The van der Waals surface area contributed by atoms with E-state index in [0.29, 0.717) is 30.2 Å². The van der Waals surface area contributed by atoms with Crippen LogP contribution in [0.2, 0.25) is 0 Å². The van der Waals surface area contributed by atoms with Crippen molar-refractivity contribution in [1.82, 2.24) is 9.55 Å². The lowest BCUT2D eigenvalue weighted by Gasteiger charge is -2.28. The molecule has 0 aliphatic carbocycles. The number of fused-ring (bicyclic) bond motifs is 1. The second-order valence-electron chi connectivity index (χ2n) is 9.06. The first-order valence-corrected chi connectivity index (χ1v) is 11.8. The number of carboxylic acids is 1. The molecule has 0 radical (unpaired) electrons. The normalized spacial score (nSPS) is 15.4. The summed E-state index contributed by atoms with van der Waals surface area (Å²) in [7, 11) is 0. The van der Waals surface area contributed by atoms with Crippen LogP contribution < -0.4 is 15.1 Å². The van der Waals surface area contributed by atoms with Crippen LogP contribution in [0.4, 0.5) is 10.1 Å². The molecule has 4 aromatic rings. The minimum Gasteiger partial charge on any atom is -0.477 e. The number of hydrogen-bond donors (Lipinski definition) is 1. The van der Waals surface area contributed by atoms with Gasteiger partial charge in [0, 0.05) is 36.1 Å². The fraction of sp³-hybridized carbons (Fsp3) is 0.250. The molecule has 3 heterocycles. The van der Waals surface area contributed by atoms with Crippen LogP contribution in [0.1, 0.15) is 34.3 Å². The van der Waals surface area contributed by atoms with Gasteiger partial charge in [0.2, 0.25) is 11.3 Å². The molecular weight excluding hydrogens is 461 g/mol. The van der Waals surface area contributed by atoms with Gasteiger partial charge in [-0.25, -0.2) is 14.2 Å². The van der Waals surface area contributed by atoms with Gasteiger partial charge in [-0.3, -0.25) is 4.79 Å². The van der Waals surface area contributed by atoms with Crippen molar-refractivity contribution in [2.45, 2.75) is 32.7 Å². The molecule has 5 rings (SSSR count). The summed E-state index contributed by atoms with van der Waals surface area (Å²) in [6, 6.07) is 13.9. The van der Waals surface area contributed by atoms with Crippen LogP contribution in [0.15, 0.2) is 65.7 Å². The first-order valence-electron chi connectivity index (χ1n) is 11.8. The zero-order valence-electron chi connectivity index (χ0n) is 20.1. The van der Waals surface area contributed by atoms with E-state index in [4.69, 9.17) is 4.74 Å². The van der Waals surface area contributed by atoms with Crippen molar-refractivity contribution in [3.05, 3.63) is 93.7 Å². The van der Waals surface area contributed by atoms with Gasteiger partial charge in [0.15, 0.2) is 0 Å². The molecule has 7 nitrogen and oxygen atoms in total. The van der Waals surface area contributed by atoms with Crippen LogP contribution in [0.3, 0.4) is 0 Å². The molecular formula is C28H26FN3O4. The largest absolute Gasteiger partial charge is 0.477 e. The van der Waals surface area contributed by atoms with Crippen molar-refractivity contribution in [3.63, 3.8) is 0 Å². The summed E-state index contributed by atoms with van der Waals surface area (Å²) in [5.74, 6) is -1.41. The average molecular weight is 488 g/mol. The number of ether oxygens (including phenoxy) is 1. The highest BCUT2D eigenvalue weighted by Crippen LogP contribution is 2.33. The van der Waals surface area contributed by atoms with Gasteiger partial charge in [0.1, 0.15) is 18.0 Å². The molecule has 0 bridgehead atoms. The number of hydrogen-bond acceptors (Lipinski definition) is 5. The van der Waals surface area contributed by atoms with E-state index < -0.39 is 22.8 Å². The fourth-order valence-corrected chi connectivity index (χ4v) is 4.84. The molecule has 0 spiro atoms. The fourth-order valence-electron chi connectivity index (χ4n) is 4.84. The first-order chi connectivity index (χ1) is 17.3. The number of carboxylic acid groups (broad SMARTS) is 1. The van der Waals surface area contributed by atoms with E-state index in [1.807, 2.05) is 49.1 Å². The Hall–Kier alpha value is -4.20. The summed E-state index contributed by atoms with van der Waals surface area (Å²) in [4.78, 5) is 31.0. The van der Waals surface area contributed by atoms with E-state index in [2.05, 4.69) is 4.98 Å². The monoisotopic (exact) mass is 487 g/mol. The first kappa shape index (κ1) is 23.5.